The molecule has 1 aliphatic heterocycles. The molecule has 7 nitrogen and oxygen atoms in total. The van der Waals surface area contributed by atoms with Gasteiger partial charge in [0.15, 0.2) is 0 Å². The SMILES string of the molecule is CCOc1ccc(C2CCCN2C(=O)NCc2cccc(S(=O)(=O)NC)c2)cc1. The fourth-order valence-electron chi connectivity index (χ4n) is 3.53. The standard InChI is InChI=1S/C21H27N3O4S/c1-3-28-18-11-9-17(10-12-18)20-8-5-13-24(20)21(25)23-15-16-6-4-7-19(14-16)29(26,27)22-2/h4,6-7,9-12,14,20,22H,3,5,8,13,15H2,1-2H3,(H,23,25). The van der Waals surface area contributed by atoms with E-state index in [1.54, 1.807) is 18.2 Å². The average Bonchev–Trinajstić information content (AvgIpc) is 3.23. The minimum Gasteiger partial charge on any atom is -0.494 e. The van der Waals surface area contributed by atoms with Crippen molar-refractivity contribution >= 4 is 16.1 Å². The molecular formula is C21H27N3O4S. The van der Waals surface area contributed by atoms with Gasteiger partial charge in [-0.3, -0.25) is 0 Å². The Kier molecular flexibility index (Phi) is 6.76. The minimum absolute atomic E-state index is 0.0293. The number of hydrogen-bond donors (Lipinski definition) is 2. The van der Waals surface area contributed by atoms with Gasteiger partial charge in [0.2, 0.25) is 10.0 Å². The summed E-state index contributed by atoms with van der Waals surface area (Å²) in [6, 6.07) is 14.3. The maximum Gasteiger partial charge on any atom is 0.318 e. The summed E-state index contributed by atoms with van der Waals surface area (Å²) in [5.74, 6) is 0.821. The molecule has 0 aromatic heterocycles. The Morgan fingerprint density at radius 3 is 2.66 bits per heavy atom. The molecule has 1 atom stereocenters. The molecule has 1 heterocycles. The minimum atomic E-state index is -3.51. The second kappa shape index (κ2) is 9.28. The van der Waals surface area contributed by atoms with Crippen LogP contribution in [0.3, 0.4) is 0 Å². The highest BCUT2D eigenvalue weighted by Crippen LogP contribution is 2.32. The van der Waals surface area contributed by atoms with Crippen LogP contribution in [0.2, 0.25) is 0 Å². The first-order valence-corrected chi connectivity index (χ1v) is 11.2. The lowest BCUT2D eigenvalue weighted by molar-refractivity contribution is 0.192. The van der Waals surface area contributed by atoms with Crippen LogP contribution in [-0.4, -0.2) is 39.5 Å². The Morgan fingerprint density at radius 1 is 1.21 bits per heavy atom. The van der Waals surface area contributed by atoms with Crippen molar-refractivity contribution in [3.8, 4) is 5.75 Å². The predicted molar refractivity (Wildman–Crippen MR) is 111 cm³/mol. The second-order valence-corrected chi connectivity index (χ2v) is 8.75. The van der Waals surface area contributed by atoms with Gasteiger partial charge in [0, 0.05) is 13.1 Å². The highest BCUT2D eigenvalue weighted by atomic mass is 32.2. The molecule has 0 saturated carbocycles. The summed E-state index contributed by atoms with van der Waals surface area (Å²) >= 11 is 0. The number of sulfonamides is 1. The van der Waals surface area contributed by atoms with Crippen LogP contribution in [0.5, 0.6) is 5.75 Å². The lowest BCUT2D eigenvalue weighted by Crippen LogP contribution is -2.39. The van der Waals surface area contributed by atoms with Crippen LogP contribution >= 0.6 is 0 Å². The normalized spacial score (nSPS) is 16.6. The van der Waals surface area contributed by atoms with Crippen LogP contribution in [0.4, 0.5) is 4.79 Å². The van der Waals surface area contributed by atoms with Crippen LogP contribution in [0, 0.1) is 0 Å². The molecule has 1 unspecified atom stereocenters. The fourth-order valence-corrected chi connectivity index (χ4v) is 4.33. The number of amides is 2. The summed E-state index contributed by atoms with van der Waals surface area (Å²) in [6.45, 7) is 3.52. The molecule has 0 bridgehead atoms. The van der Waals surface area contributed by atoms with E-state index in [9.17, 15) is 13.2 Å². The lowest BCUT2D eigenvalue weighted by Gasteiger charge is -2.25. The monoisotopic (exact) mass is 417 g/mol. The van der Waals surface area contributed by atoms with Crippen molar-refractivity contribution in [2.75, 3.05) is 20.2 Å². The zero-order chi connectivity index (χ0) is 20.9. The molecule has 0 spiro atoms. The van der Waals surface area contributed by atoms with Gasteiger partial charge in [-0.25, -0.2) is 17.9 Å². The van der Waals surface area contributed by atoms with E-state index in [0.29, 0.717) is 13.2 Å². The van der Waals surface area contributed by atoms with Gasteiger partial charge in [0.1, 0.15) is 5.75 Å². The lowest BCUT2D eigenvalue weighted by atomic mass is 10.0. The molecule has 2 N–H and O–H groups in total. The zero-order valence-electron chi connectivity index (χ0n) is 16.7. The largest absolute Gasteiger partial charge is 0.494 e. The first-order valence-electron chi connectivity index (χ1n) is 9.74. The number of rotatable bonds is 7. The number of carbonyl (C=O) groups is 1. The van der Waals surface area contributed by atoms with E-state index in [2.05, 4.69) is 10.0 Å². The topological polar surface area (TPSA) is 87.7 Å². The predicted octanol–water partition coefficient (Wildman–Crippen LogP) is 3.04. The number of nitrogens with zero attached hydrogens (tertiary/aromatic N) is 1. The third kappa shape index (κ3) is 5.07. The van der Waals surface area contributed by atoms with Crippen LogP contribution in [0.25, 0.3) is 0 Å². The molecule has 0 radical (unpaired) electrons. The van der Waals surface area contributed by atoms with Gasteiger partial charge >= 0.3 is 6.03 Å². The number of benzene rings is 2. The highest BCUT2D eigenvalue weighted by Gasteiger charge is 2.29. The van der Waals surface area contributed by atoms with Crippen LogP contribution in [0.1, 0.15) is 36.9 Å². The van der Waals surface area contributed by atoms with Gasteiger partial charge in [-0.15, -0.1) is 0 Å². The number of carbonyl (C=O) groups excluding carboxylic acids is 1. The van der Waals surface area contributed by atoms with E-state index in [4.69, 9.17) is 4.74 Å². The first-order chi connectivity index (χ1) is 13.9. The molecule has 156 valence electrons. The van der Waals surface area contributed by atoms with Gasteiger partial charge in [-0.1, -0.05) is 24.3 Å². The maximum atomic E-state index is 12.8. The summed E-state index contributed by atoms with van der Waals surface area (Å²) in [5, 5.41) is 2.92. The molecule has 1 fully saturated rings. The van der Waals surface area contributed by atoms with Gasteiger partial charge in [-0.2, -0.15) is 0 Å². The molecular weight excluding hydrogens is 390 g/mol. The molecule has 2 amide bonds. The fraction of sp³-hybridized carbons (Fsp3) is 0.381. The Balaban J connectivity index is 1.65. The summed E-state index contributed by atoms with van der Waals surface area (Å²) in [4.78, 5) is 14.8. The van der Waals surface area contributed by atoms with Crippen molar-refractivity contribution in [2.24, 2.45) is 0 Å². The third-order valence-electron chi connectivity index (χ3n) is 5.01. The number of ether oxygens (including phenoxy) is 1. The van der Waals surface area contributed by atoms with E-state index < -0.39 is 10.0 Å². The van der Waals surface area contributed by atoms with Crippen molar-refractivity contribution < 1.29 is 17.9 Å². The van der Waals surface area contributed by atoms with E-state index >= 15 is 0 Å². The molecule has 2 aromatic rings. The second-order valence-electron chi connectivity index (χ2n) is 6.87. The quantitative estimate of drug-likeness (QED) is 0.725. The van der Waals surface area contributed by atoms with Crippen molar-refractivity contribution in [1.29, 1.82) is 0 Å². The van der Waals surface area contributed by atoms with Gasteiger partial charge in [0.25, 0.3) is 0 Å². The third-order valence-corrected chi connectivity index (χ3v) is 6.42. The molecule has 3 rings (SSSR count). The number of likely N-dealkylation sites (tertiary alicyclic amines) is 1. The van der Waals surface area contributed by atoms with Gasteiger partial charge in [-0.05, 0) is 62.2 Å². The molecule has 1 saturated heterocycles. The van der Waals surface area contributed by atoms with E-state index in [1.165, 1.54) is 13.1 Å². The van der Waals surface area contributed by atoms with Crippen LogP contribution in [-0.2, 0) is 16.6 Å². The van der Waals surface area contributed by atoms with Crippen molar-refractivity contribution in [2.45, 2.75) is 37.2 Å². The number of urea groups is 1. The van der Waals surface area contributed by atoms with Crippen molar-refractivity contribution in [3.05, 3.63) is 59.7 Å². The van der Waals surface area contributed by atoms with Crippen molar-refractivity contribution in [1.82, 2.24) is 14.9 Å². The summed E-state index contributed by atoms with van der Waals surface area (Å²) in [7, 11) is -2.14. The smallest absolute Gasteiger partial charge is 0.318 e. The van der Waals surface area contributed by atoms with E-state index in [-0.39, 0.29) is 23.5 Å². The number of hydrogen-bond acceptors (Lipinski definition) is 4. The molecule has 29 heavy (non-hydrogen) atoms. The molecule has 0 aliphatic carbocycles. The summed E-state index contributed by atoms with van der Waals surface area (Å²) in [6.07, 6.45) is 1.86. The Bertz CT molecular complexity index is 945. The van der Waals surface area contributed by atoms with Crippen LogP contribution in [0.15, 0.2) is 53.4 Å². The van der Waals surface area contributed by atoms with Gasteiger partial charge in [0.05, 0.1) is 17.5 Å². The molecule has 1 aliphatic rings. The average molecular weight is 418 g/mol. The zero-order valence-corrected chi connectivity index (χ0v) is 17.5. The first kappa shape index (κ1) is 21.1. The summed E-state index contributed by atoms with van der Waals surface area (Å²) in [5.41, 5.74) is 1.81. The molecule has 2 aromatic carbocycles. The molecule has 8 heteroatoms. The van der Waals surface area contributed by atoms with Gasteiger partial charge < -0.3 is 15.0 Å². The number of nitrogens with one attached hydrogen (secondary N) is 2. The maximum absolute atomic E-state index is 12.8. The Morgan fingerprint density at radius 2 is 1.97 bits per heavy atom. The van der Waals surface area contributed by atoms with Crippen LogP contribution < -0.4 is 14.8 Å². The van der Waals surface area contributed by atoms with E-state index in [0.717, 1.165) is 29.7 Å². The Labute approximate surface area is 172 Å². The van der Waals surface area contributed by atoms with Crippen molar-refractivity contribution in [3.63, 3.8) is 0 Å². The van der Waals surface area contributed by atoms with E-state index in [1.807, 2.05) is 36.1 Å². The highest BCUT2D eigenvalue weighted by molar-refractivity contribution is 7.89. The Hall–Kier alpha value is -2.58. The summed E-state index contributed by atoms with van der Waals surface area (Å²) < 4.78 is 31.7.